The number of fused-ring (bicyclic) bond motifs is 1. The van der Waals surface area contributed by atoms with Crippen molar-refractivity contribution in [2.45, 2.75) is 6.54 Å². The third kappa shape index (κ3) is 4.61. The first-order chi connectivity index (χ1) is 14.9. The molecular formula is C22H21F2N5O2. The Morgan fingerprint density at radius 3 is 2.61 bits per heavy atom. The molecule has 4 aromatic rings. The van der Waals surface area contributed by atoms with Gasteiger partial charge in [0, 0.05) is 23.6 Å². The van der Waals surface area contributed by atoms with E-state index < -0.39 is 17.4 Å². The molecule has 31 heavy (non-hydrogen) atoms. The second-order valence-electron chi connectivity index (χ2n) is 7.43. The predicted molar refractivity (Wildman–Crippen MR) is 113 cm³/mol. The highest BCUT2D eigenvalue weighted by Gasteiger charge is 2.15. The van der Waals surface area contributed by atoms with Crippen LogP contribution in [-0.4, -0.2) is 52.1 Å². The van der Waals surface area contributed by atoms with Gasteiger partial charge in [0.1, 0.15) is 6.61 Å². The van der Waals surface area contributed by atoms with Gasteiger partial charge < -0.3 is 9.64 Å². The average molecular weight is 425 g/mol. The summed E-state index contributed by atoms with van der Waals surface area (Å²) in [7, 11) is 3.68. The smallest absolute Gasteiger partial charge is 0.267 e. The molecule has 0 amide bonds. The normalized spacial score (nSPS) is 11.4. The van der Waals surface area contributed by atoms with E-state index in [0.717, 1.165) is 28.6 Å². The molecule has 0 saturated carbocycles. The van der Waals surface area contributed by atoms with Gasteiger partial charge in [0.25, 0.3) is 5.56 Å². The van der Waals surface area contributed by atoms with Gasteiger partial charge in [-0.1, -0.05) is 6.07 Å². The van der Waals surface area contributed by atoms with Crippen LogP contribution >= 0.6 is 0 Å². The van der Waals surface area contributed by atoms with Crippen molar-refractivity contribution >= 4 is 10.9 Å². The van der Waals surface area contributed by atoms with Crippen molar-refractivity contribution in [2.24, 2.45) is 0 Å². The number of hydrogen-bond donors (Lipinski definition) is 1. The highest BCUT2D eigenvalue weighted by atomic mass is 19.1. The Balaban J connectivity index is 1.60. The van der Waals surface area contributed by atoms with Crippen molar-refractivity contribution in [3.8, 4) is 17.0 Å². The fraction of sp³-hybridized carbons (Fsp3) is 0.227. The van der Waals surface area contributed by atoms with Crippen LogP contribution in [0.2, 0.25) is 0 Å². The molecular weight excluding hydrogens is 404 g/mol. The molecule has 0 aliphatic rings. The minimum atomic E-state index is -0.821. The van der Waals surface area contributed by atoms with Crippen LogP contribution in [0.1, 0.15) is 5.56 Å². The molecule has 0 aliphatic carbocycles. The van der Waals surface area contributed by atoms with Gasteiger partial charge >= 0.3 is 0 Å². The molecule has 0 bridgehead atoms. The lowest BCUT2D eigenvalue weighted by atomic mass is 10.1. The van der Waals surface area contributed by atoms with Crippen molar-refractivity contribution in [1.82, 2.24) is 24.9 Å². The number of nitrogens with zero attached hydrogens (tertiary/aromatic N) is 4. The van der Waals surface area contributed by atoms with E-state index in [-0.39, 0.29) is 30.0 Å². The Bertz CT molecular complexity index is 1260. The van der Waals surface area contributed by atoms with Gasteiger partial charge in [-0.25, -0.2) is 13.5 Å². The van der Waals surface area contributed by atoms with Crippen LogP contribution in [0.15, 0.2) is 53.5 Å². The third-order valence-electron chi connectivity index (χ3n) is 4.78. The first-order valence-electron chi connectivity index (χ1n) is 9.68. The average Bonchev–Trinajstić information content (AvgIpc) is 3.19. The number of likely N-dealkylation sites (N-methyl/N-ethyl adjacent to an activating group) is 1. The second-order valence-corrected chi connectivity index (χ2v) is 7.43. The number of ether oxygens (including phenoxy) is 1. The largest absolute Gasteiger partial charge is 0.486 e. The molecule has 0 aliphatic heterocycles. The van der Waals surface area contributed by atoms with Crippen LogP contribution in [-0.2, 0) is 6.54 Å². The zero-order chi connectivity index (χ0) is 22.0. The van der Waals surface area contributed by atoms with Gasteiger partial charge in [-0.15, -0.1) is 0 Å². The summed E-state index contributed by atoms with van der Waals surface area (Å²) in [6.45, 7) is 0.895. The summed E-state index contributed by atoms with van der Waals surface area (Å²) < 4.78 is 35.5. The van der Waals surface area contributed by atoms with Crippen LogP contribution in [0.25, 0.3) is 22.2 Å². The molecule has 2 aromatic carbocycles. The van der Waals surface area contributed by atoms with Crippen LogP contribution in [0.5, 0.6) is 5.75 Å². The number of H-pyrrole nitrogens is 1. The molecule has 0 atom stereocenters. The lowest BCUT2D eigenvalue weighted by Crippen LogP contribution is -2.22. The van der Waals surface area contributed by atoms with E-state index >= 15 is 0 Å². The highest BCUT2D eigenvalue weighted by molar-refractivity contribution is 5.78. The summed E-state index contributed by atoms with van der Waals surface area (Å²) >= 11 is 0. The monoisotopic (exact) mass is 425 g/mol. The van der Waals surface area contributed by atoms with E-state index in [2.05, 4.69) is 15.3 Å². The Morgan fingerprint density at radius 2 is 1.87 bits per heavy atom. The van der Waals surface area contributed by atoms with E-state index in [0.29, 0.717) is 6.54 Å². The zero-order valence-corrected chi connectivity index (χ0v) is 17.1. The topological polar surface area (TPSA) is 76.0 Å². The molecule has 4 rings (SSSR count). The van der Waals surface area contributed by atoms with Crippen LogP contribution in [0.3, 0.4) is 0 Å². The third-order valence-corrected chi connectivity index (χ3v) is 4.78. The Labute approximate surface area is 176 Å². The van der Waals surface area contributed by atoms with E-state index in [1.54, 1.807) is 6.20 Å². The maximum absolute atomic E-state index is 14.5. The van der Waals surface area contributed by atoms with Gasteiger partial charge in [-0.3, -0.25) is 9.89 Å². The maximum atomic E-state index is 14.5. The van der Waals surface area contributed by atoms with Crippen molar-refractivity contribution in [2.75, 3.05) is 27.2 Å². The number of nitrogens with one attached hydrogen (secondary N) is 1. The quantitative estimate of drug-likeness (QED) is 0.493. The Kier molecular flexibility index (Phi) is 5.77. The van der Waals surface area contributed by atoms with Gasteiger partial charge in [0.05, 0.1) is 24.0 Å². The lowest BCUT2D eigenvalue weighted by molar-refractivity contribution is 0.242. The van der Waals surface area contributed by atoms with Crippen LogP contribution in [0, 0.1) is 11.6 Å². The molecule has 2 heterocycles. The van der Waals surface area contributed by atoms with Gasteiger partial charge in [-0.2, -0.15) is 10.2 Å². The Hall–Kier alpha value is -3.59. The first-order valence-corrected chi connectivity index (χ1v) is 9.68. The van der Waals surface area contributed by atoms with Crippen molar-refractivity contribution < 1.29 is 13.5 Å². The SMILES string of the molecule is CN(C)CCOc1c(F)cc(-c2ccc(=O)n(Cc3ccc4[nH]ncc4c3)n2)cc1F. The summed E-state index contributed by atoms with van der Waals surface area (Å²) in [5, 5.41) is 12.1. The number of aromatic nitrogens is 4. The molecule has 0 unspecified atom stereocenters. The van der Waals surface area contributed by atoms with E-state index in [1.165, 1.54) is 16.8 Å². The van der Waals surface area contributed by atoms with E-state index in [4.69, 9.17) is 4.74 Å². The highest BCUT2D eigenvalue weighted by Crippen LogP contribution is 2.28. The number of hydrogen-bond acceptors (Lipinski definition) is 5. The summed E-state index contributed by atoms with van der Waals surface area (Å²) in [5.74, 6) is -2.07. The standard InChI is InChI=1S/C22H21F2N5O2/c1-28(2)7-8-31-22-17(23)10-15(11-18(22)24)20-5-6-21(30)29(27-20)13-14-3-4-19-16(9-14)12-25-26-19/h3-6,9-12H,7-8,13H2,1-2H3,(H,25,26). The molecule has 1 N–H and O–H groups in total. The van der Waals surface area contributed by atoms with Crippen LogP contribution in [0.4, 0.5) is 8.78 Å². The molecule has 0 radical (unpaired) electrons. The van der Waals surface area contributed by atoms with Gasteiger partial charge in [0.15, 0.2) is 17.4 Å². The van der Waals surface area contributed by atoms with Crippen molar-refractivity contribution in [1.29, 1.82) is 0 Å². The molecule has 160 valence electrons. The second kappa shape index (κ2) is 8.65. The summed E-state index contributed by atoms with van der Waals surface area (Å²) in [6, 6.07) is 10.7. The fourth-order valence-corrected chi connectivity index (χ4v) is 3.16. The molecule has 0 fully saturated rings. The number of rotatable bonds is 7. The minimum absolute atomic E-state index is 0.157. The van der Waals surface area contributed by atoms with E-state index in [9.17, 15) is 13.6 Å². The number of halogens is 2. The summed E-state index contributed by atoms with van der Waals surface area (Å²) in [4.78, 5) is 14.1. The molecule has 9 heteroatoms. The lowest BCUT2D eigenvalue weighted by Gasteiger charge is -2.13. The number of aromatic amines is 1. The Morgan fingerprint density at radius 1 is 1.10 bits per heavy atom. The summed E-state index contributed by atoms with van der Waals surface area (Å²) in [6.07, 6.45) is 1.69. The minimum Gasteiger partial charge on any atom is -0.486 e. The van der Waals surface area contributed by atoms with Crippen LogP contribution < -0.4 is 10.3 Å². The number of benzene rings is 2. The fourth-order valence-electron chi connectivity index (χ4n) is 3.16. The van der Waals surface area contributed by atoms with E-state index in [1.807, 2.05) is 37.2 Å². The molecule has 0 saturated heterocycles. The molecule has 2 aromatic heterocycles. The molecule has 0 spiro atoms. The maximum Gasteiger partial charge on any atom is 0.267 e. The van der Waals surface area contributed by atoms with Gasteiger partial charge in [-0.05, 0) is 50.0 Å². The predicted octanol–water partition coefficient (Wildman–Crippen LogP) is 3.05. The first kappa shape index (κ1) is 20.7. The van der Waals surface area contributed by atoms with Gasteiger partial charge in [0.2, 0.25) is 0 Å². The van der Waals surface area contributed by atoms with Crippen molar-refractivity contribution in [3.05, 3.63) is 76.2 Å². The summed E-state index contributed by atoms with van der Waals surface area (Å²) in [5.41, 5.74) is 1.91. The van der Waals surface area contributed by atoms with Crippen molar-refractivity contribution in [3.63, 3.8) is 0 Å². The molecule has 7 nitrogen and oxygen atoms in total. The zero-order valence-electron chi connectivity index (χ0n) is 17.1.